The summed E-state index contributed by atoms with van der Waals surface area (Å²) < 4.78 is 12.5. The van der Waals surface area contributed by atoms with Crippen LogP contribution in [0, 0.1) is 12.8 Å². The molecular formula is C18H23N3O3. The first-order valence-electron chi connectivity index (χ1n) is 8.17. The third-order valence-corrected chi connectivity index (χ3v) is 4.43. The minimum absolute atomic E-state index is 0.0144. The number of anilines is 1. The van der Waals surface area contributed by atoms with Gasteiger partial charge >= 0.3 is 0 Å². The van der Waals surface area contributed by atoms with Crippen LogP contribution in [0.25, 0.3) is 11.1 Å². The van der Waals surface area contributed by atoms with Crippen LogP contribution in [0.5, 0.6) is 5.75 Å². The molecule has 0 atom stereocenters. The monoisotopic (exact) mass is 329 g/mol. The number of hydrogen-bond donors (Lipinski definition) is 1. The average Bonchev–Trinajstić information content (AvgIpc) is 2.89. The summed E-state index contributed by atoms with van der Waals surface area (Å²) in [6.07, 6.45) is 1.51. The lowest BCUT2D eigenvalue weighted by Crippen LogP contribution is -2.29. The summed E-state index contributed by atoms with van der Waals surface area (Å²) in [5.41, 5.74) is 2.67. The molecule has 0 saturated carbocycles. The third-order valence-electron chi connectivity index (χ3n) is 4.43. The smallest absolute Gasteiger partial charge is 0.228 e. The van der Waals surface area contributed by atoms with Gasteiger partial charge in [-0.2, -0.15) is 5.10 Å². The summed E-state index contributed by atoms with van der Waals surface area (Å²) in [4.78, 5) is 12.6. The molecule has 0 radical (unpaired) electrons. The first-order valence-corrected chi connectivity index (χ1v) is 8.17. The third kappa shape index (κ3) is 3.14. The van der Waals surface area contributed by atoms with Gasteiger partial charge in [-0.1, -0.05) is 18.2 Å². The minimum Gasteiger partial charge on any atom is -0.496 e. The van der Waals surface area contributed by atoms with E-state index in [1.165, 1.54) is 0 Å². The quantitative estimate of drug-likeness (QED) is 0.937. The predicted octanol–water partition coefficient (Wildman–Crippen LogP) is 2.77. The Hall–Kier alpha value is -2.34. The number of benzene rings is 1. The number of amides is 1. The maximum Gasteiger partial charge on any atom is 0.228 e. The highest BCUT2D eigenvalue weighted by Crippen LogP contribution is 2.37. The number of nitrogens with zero attached hydrogens (tertiary/aromatic N) is 2. The van der Waals surface area contributed by atoms with Crippen molar-refractivity contribution < 1.29 is 14.3 Å². The number of aryl methyl sites for hydroxylation is 2. The number of nitrogens with one attached hydrogen (secondary N) is 1. The Bertz CT molecular complexity index is 733. The normalized spacial score (nSPS) is 15.3. The second kappa shape index (κ2) is 7.05. The van der Waals surface area contributed by atoms with Gasteiger partial charge in [-0.25, -0.2) is 0 Å². The number of carbonyl (C=O) groups is 1. The maximum atomic E-state index is 12.6. The van der Waals surface area contributed by atoms with Crippen LogP contribution in [-0.2, 0) is 16.6 Å². The van der Waals surface area contributed by atoms with Gasteiger partial charge in [0.2, 0.25) is 5.91 Å². The van der Waals surface area contributed by atoms with Gasteiger partial charge < -0.3 is 14.8 Å². The molecular weight excluding hydrogens is 306 g/mol. The van der Waals surface area contributed by atoms with E-state index in [1.54, 1.807) is 11.8 Å². The van der Waals surface area contributed by atoms with Gasteiger partial charge in [-0.15, -0.1) is 0 Å². The van der Waals surface area contributed by atoms with Crippen molar-refractivity contribution in [2.75, 3.05) is 25.6 Å². The van der Waals surface area contributed by atoms with Crippen molar-refractivity contribution in [3.63, 3.8) is 0 Å². The highest BCUT2D eigenvalue weighted by atomic mass is 16.5. The highest BCUT2D eigenvalue weighted by Gasteiger charge is 2.25. The number of aromatic nitrogens is 2. The van der Waals surface area contributed by atoms with E-state index < -0.39 is 0 Å². The van der Waals surface area contributed by atoms with Crippen LogP contribution < -0.4 is 10.1 Å². The van der Waals surface area contributed by atoms with Gasteiger partial charge in [0.1, 0.15) is 11.6 Å². The average molecular weight is 329 g/mol. The molecule has 6 heteroatoms. The lowest BCUT2D eigenvalue weighted by atomic mass is 9.99. The Balaban J connectivity index is 1.95. The van der Waals surface area contributed by atoms with E-state index in [-0.39, 0.29) is 11.8 Å². The largest absolute Gasteiger partial charge is 0.496 e. The predicted molar refractivity (Wildman–Crippen MR) is 92.1 cm³/mol. The van der Waals surface area contributed by atoms with Crippen LogP contribution in [-0.4, -0.2) is 36.0 Å². The van der Waals surface area contributed by atoms with Crippen molar-refractivity contribution >= 4 is 11.7 Å². The topological polar surface area (TPSA) is 65.4 Å². The van der Waals surface area contributed by atoms with Gasteiger partial charge in [-0.3, -0.25) is 9.48 Å². The molecule has 6 nitrogen and oxygen atoms in total. The van der Waals surface area contributed by atoms with Crippen molar-refractivity contribution in [2.45, 2.75) is 19.8 Å². The number of hydrogen-bond acceptors (Lipinski definition) is 4. The molecule has 0 aliphatic carbocycles. The Kier molecular flexibility index (Phi) is 4.85. The molecule has 1 N–H and O–H groups in total. The lowest BCUT2D eigenvalue weighted by Gasteiger charge is -2.21. The summed E-state index contributed by atoms with van der Waals surface area (Å²) in [6, 6.07) is 7.77. The van der Waals surface area contributed by atoms with Crippen molar-refractivity contribution in [3.05, 3.63) is 30.0 Å². The zero-order valence-corrected chi connectivity index (χ0v) is 14.3. The molecule has 1 amide bonds. The van der Waals surface area contributed by atoms with Crippen LogP contribution in [0.2, 0.25) is 0 Å². The second-order valence-corrected chi connectivity index (χ2v) is 6.01. The molecule has 2 aromatic rings. The molecule has 0 unspecified atom stereocenters. The number of ether oxygens (including phenoxy) is 2. The summed E-state index contributed by atoms with van der Waals surface area (Å²) in [7, 11) is 3.48. The molecule has 1 aliphatic heterocycles. The molecule has 3 rings (SSSR count). The highest BCUT2D eigenvalue weighted by molar-refractivity contribution is 5.97. The van der Waals surface area contributed by atoms with E-state index >= 15 is 0 Å². The minimum atomic E-state index is -0.0144. The van der Waals surface area contributed by atoms with Gasteiger partial charge in [0.15, 0.2) is 0 Å². The van der Waals surface area contributed by atoms with Crippen LogP contribution in [0.4, 0.5) is 5.82 Å². The summed E-state index contributed by atoms with van der Waals surface area (Å²) in [6.45, 7) is 3.22. The molecule has 1 fully saturated rings. The van der Waals surface area contributed by atoms with E-state index in [2.05, 4.69) is 10.4 Å². The Labute approximate surface area is 141 Å². The van der Waals surface area contributed by atoms with Crippen molar-refractivity contribution in [1.82, 2.24) is 9.78 Å². The standard InChI is InChI=1S/C18H23N3O3/c1-12-16(14-6-4-5-7-15(14)23-3)17(21(2)20-12)19-18(22)13-8-10-24-11-9-13/h4-7,13H,8-11H2,1-3H3,(H,19,22). The fourth-order valence-corrected chi connectivity index (χ4v) is 3.15. The van der Waals surface area contributed by atoms with E-state index in [0.29, 0.717) is 19.0 Å². The fourth-order valence-electron chi connectivity index (χ4n) is 3.15. The summed E-state index contributed by atoms with van der Waals surface area (Å²) in [5, 5.41) is 7.55. The molecule has 1 aliphatic rings. The zero-order valence-electron chi connectivity index (χ0n) is 14.3. The van der Waals surface area contributed by atoms with E-state index in [0.717, 1.165) is 35.4 Å². The van der Waals surface area contributed by atoms with Gasteiger partial charge in [0.25, 0.3) is 0 Å². The van der Waals surface area contributed by atoms with Crippen LogP contribution in [0.15, 0.2) is 24.3 Å². The molecule has 0 spiro atoms. The second-order valence-electron chi connectivity index (χ2n) is 6.01. The number of rotatable bonds is 4. The van der Waals surface area contributed by atoms with Crippen molar-refractivity contribution in [2.24, 2.45) is 13.0 Å². The molecule has 1 aromatic heterocycles. The number of para-hydroxylation sites is 1. The van der Waals surface area contributed by atoms with Gasteiger partial charge in [-0.05, 0) is 25.8 Å². The fraction of sp³-hybridized carbons (Fsp3) is 0.444. The summed E-state index contributed by atoms with van der Waals surface area (Å²) >= 11 is 0. The van der Waals surface area contributed by atoms with E-state index in [9.17, 15) is 4.79 Å². The zero-order chi connectivity index (χ0) is 17.1. The SMILES string of the molecule is COc1ccccc1-c1c(C)nn(C)c1NC(=O)C1CCOCC1. The number of carbonyl (C=O) groups excluding carboxylic acids is 1. The molecule has 1 aromatic carbocycles. The lowest BCUT2D eigenvalue weighted by molar-refractivity contribution is -0.122. The van der Waals surface area contributed by atoms with Crippen molar-refractivity contribution in [1.29, 1.82) is 0 Å². The van der Waals surface area contributed by atoms with Crippen LogP contribution >= 0.6 is 0 Å². The first kappa shape index (κ1) is 16.5. The number of methoxy groups -OCH3 is 1. The molecule has 0 bridgehead atoms. The Morgan fingerprint density at radius 3 is 2.75 bits per heavy atom. The van der Waals surface area contributed by atoms with Crippen LogP contribution in [0.3, 0.4) is 0 Å². The van der Waals surface area contributed by atoms with E-state index in [4.69, 9.17) is 9.47 Å². The molecule has 24 heavy (non-hydrogen) atoms. The van der Waals surface area contributed by atoms with Gasteiger partial charge in [0, 0.05) is 31.7 Å². The van der Waals surface area contributed by atoms with Gasteiger partial charge in [0.05, 0.1) is 18.4 Å². The Morgan fingerprint density at radius 1 is 1.33 bits per heavy atom. The molecule has 1 saturated heterocycles. The maximum absolute atomic E-state index is 12.6. The van der Waals surface area contributed by atoms with Crippen LogP contribution in [0.1, 0.15) is 18.5 Å². The summed E-state index contributed by atoms with van der Waals surface area (Å²) in [5.74, 6) is 1.47. The molecule has 2 heterocycles. The molecule has 128 valence electrons. The van der Waals surface area contributed by atoms with E-state index in [1.807, 2.05) is 38.2 Å². The Morgan fingerprint density at radius 2 is 2.04 bits per heavy atom. The first-order chi connectivity index (χ1) is 11.6. The van der Waals surface area contributed by atoms with Crippen molar-refractivity contribution in [3.8, 4) is 16.9 Å².